The molecule has 0 bridgehead atoms. The quantitative estimate of drug-likeness (QED) is 0.635. The van der Waals surface area contributed by atoms with Crippen LogP contribution < -0.4 is 10.1 Å². The minimum absolute atomic E-state index is 0.138. The van der Waals surface area contributed by atoms with Gasteiger partial charge in [0.25, 0.3) is 5.91 Å². The lowest BCUT2D eigenvalue weighted by Gasteiger charge is -2.36. The molecule has 9 heteroatoms. The average Bonchev–Trinajstić information content (AvgIpc) is 3.28. The third kappa shape index (κ3) is 3.98. The van der Waals surface area contributed by atoms with Crippen molar-refractivity contribution in [2.75, 3.05) is 19.8 Å². The summed E-state index contributed by atoms with van der Waals surface area (Å²) in [6.45, 7) is 4.91. The Morgan fingerprint density at radius 3 is 2.83 bits per heavy atom. The molecule has 0 saturated carbocycles. The molecule has 0 spiro atoms. The molecule has 4 rings (SSSR count). The van der Waals surface area contributed by atoms with Crippen LogP contribution in [0.4, 0.5) is 0 Å². The van der Waals surface area contributed by atoms with Crippen LogP contribution in [0.3, 0.4) is 0 Å². The summed E-state index contributed by atoms with van der Waals surface area (Å²) in [6, 6.07) is 1.71. The Morgan fingerprint density at radius 2 is 2.14 bits per heavy atom. The summed E-state index contributed by atoms with van der Waals surface area (Å²) < 4.78 is 16.9. The fourth-order valence-electron chi connectivity index (χ4n) is 3.46. The lowest BCUT2D eigenvalue weighted by molar-refractivity contribution is 0.0125. The molecule has 1 saturated heterocycles. The van der Waals surface area contributed by atoms with E-state index in [0.29, 0.717) is 60.8 Å². The highest BCUT2D eigenvalue weighted by Gasteiger charge is 2.35. The molecule has 154 valence electrons. The van der Waals surface area contributed by atoms with E-state index in [-0.39, 0.29) is 12.5 Å². The van der Waals surface area contributed by atoms with Gasteiger partial charge in [-0.3, -0.25) is 4.79 Å². The number of amides is 1. The fourth-order valence-corrected chi connectivity index (χ4v) is 4.15. The number of ether oxygens (including phenoxy) is 2. The Balaban J connectivity index is 1.59. The van der Waals surface area contributed by atoms with Gasteiger partial charge in [0.1, 0.15) is 12.4 Å². The van der Waals surface area contributed by atoms with E-state index in [9.17, 15) is 9.90 Å². The molecule has 0 unspecified atom stereocenters. The van der Waals surface area contributed by atoms with Gasteiger partial charge in [0.05, 0.1) is 40.0 Å². The minimum atomic E-state index is -0.679. The van der Waals surface area contributed by atoms with E-state index in [2.05, 4.69) is 15.3 Å². The summed E-state index contributed by atoms with van der Waals surface area (Å²) in [7, 11) is 0. The molecule has 1 aliphatic heterocycles. The largest absolute Gasteiger partial charge is 0.472 e. The zero-order chi connectivity index (χ0) is 20.4. The second-order valence-electron chi connectivity index (χ2n) is 7.21. The molecule has 0 aliphatic carbocycles. The number of hydrogen-bond donors (Lipinski definition) is 2. The van der Waals surface area contributed by atoms with Gasteiger partial charge in [0.2, 0.25) is 5.88 Å². The van der Waals surface area contributed by atoms with Gasteiger partial charge < -0.3 is 24.3 Å². The molecule has 3 aromatic rings. The van der Waals surface area contributed by atoms with Crippen LogP contribution in [-0.4, -0.2) is 46.3 Å². The Hall–Kier alpha value is -2.49. The molecule has 0 radical (unpaired) electrons. The SMILES string of the molecule is Cc1ncsc1COc1cc2c(C(=O)NC3(CO)CCOCC3)c(C)oc2cn1. The topological polar surface area (TPSA) is 107 Å². The van der Waals surface area contributed by atoms with Crippen molar-refractivity contribution in [1.82, 2.24) is 15.3 Å². The summed E-state index contributed by atoms with van der Waals surface area (Å²) in [5, 5.41) is 13.5. The van der Waals surface area contributed by atoms with Gasteiger partial charge in [-0.15, -0.1) is 11.3 Å². The van der Waals surface area contributed by atoms with E-state index in [1.165, 1.54) is 11.3 Å². The Kier molecular flexibility index (Phi) is 5.53. The van der Waals surface area contributed by atoms with Crippen LogP contribution in [-0.2, 0) is 11.3 Å². The lowest BCUT2D eigenvalue weighted by atomic mass is 9.90. The number of thiazole rings is 1. The summed E-state index contributed by atoms with van der Waals surface area (Å²) >= 11 is 1.53. The van der Waals surface area contributed by atoms with Crippen LogP contribution >= 0.6 is 11.3 Å². The van der Waals surface area contributed by atoms with Crippen molar-refractivity contribution < 1.29 is 23.8 Å². The van der Waals surface area contributed by atoms with Gasteiger partial charge in [-0.25, -0.2) is 9.97 Å². The van der Waals surface area contributed by atoms with Crippen molar-refractivity contribution in [3.8, 4) is 5.88 Å². The first-order valence-electron chi connectivity index (χ1n) is 9.43. The van der Waals surface area contributed by atoms with Gasteiger partial charge in [-0.1, -0.05) is 0 Å². The molecule has 29 heavy (non-hydrogen) atoms. The van der Waals surface area contributed by atoms with Crippen molar-refractivity contribution in [1.29, 1.82) is 0 Å². The minimum Gasteiger partial charge on any atom is -0.472 e. The van der Waals surface area contributed by atoms with Crippen LogP contribution in [0.1, 0.15) is 39.5 Å². The number of nitrogens with one attached hydrogen (secondary N) is 1. The lowest BCUT2D eigenvalue weighted by Crippen LogP contribution is -2.54. The van der Waals surface area contributed by atoms with Gasteiger partial charge >= 0.3 is 0 Å². The smallest absolute Gasteiger partial charge is 0.255 e. The number of fused-ring (bicyclic) bond motifs is 1. The summed E-state index contributed by atoms with van der Waals surface area (Å²) in [6.07, 6.45) is 2.69. The predicted molar refractivity (Wildman–Crippen MR) is 107 cm³/mol. The molecule has 1 amide bonds. The number of rotatable bonds is 6. The van der Waals surface area contributed by atoms with Gasteiger partial charge in [0.15, 0.2) is 5.58 Å². The standard InChI is InChI=1S/C20H23N3O5S/c1-12-16(29-11-22-12)9-27-17-7-14-15(8-21-17)28-13(2)18(14)19(25)23-20(10-24)3-5-26-6-4-20/h7-8,11,24H,3-6,9-10H2,1-2H3,(H,23,25). The highest BCUT2D eigenvalue weighted by atomic mass is 32.1. The van der Waals surface area contributed by atoms with Crippen LogP contribution in [0.2, 0.25) is 0 Å². The first-order valence-corrected chi connectivity index (χ1v) is 10.3. The third-order valence-electron chi connectivity index (χ3n) is 5.28. The fraction of sp³-hybridized carbons (Fsp3) is 0.450. The number of hydrogen-bond acceptors (Lipinski definition) is 8. The molecule has 1 aliphatic rings. The first-order chi connectivity index (χ1) is 14.0. The number of carbonyl (C=O) groups is 1. The van der Waals surface area contributed by atoms with E-state index in [0.717, 1.165) is 10.6 Å². The number of carbonyl (C=O) groups excluding carboxylic acids is 1. The highest BCUT2D eigenvalue weighted by molar-refractivity contribution is 7.09. The van der Waals surface area contributed by atoms with Crippen LogP contribution in [0, 0.1) is 13.8 Å². The zero-order valence-corrected chi connectivity index (χ0v) is 17.2. The maximum Gasteiger partial charge on any atom is 0.255 e. The normalized spacial score (nSPS) is 16.1. The first kappa shape index (κ1) is 19.8. The maximum atomic E-state index is 13.1. The molecular formula is C20H23N3O5S. The Bertz CT molecular complexity index is 1020. The number of nitrogens with zero attached hydrogens (tertiary/aromatic N) is 2. The summed E-state index contributed by atoms with van der Waals surface area (Å²) in [4.78, 5) is 22.6. The van der Waals surface area contributed by atoms with Crippen molar-refractivity contribution in [2.45, 2.75) is 38.8 Å². The maximum absolute atomic E-state index is 13.1. The molecule has 4 heterocycles. The number of aromatic nitrogens is 2. The molecular weight excluding hydrogens is 394 g/mol. The number of aliphatic hydroxyl groups excluding tert-OH is 1. The third-order valence-corrected chi connectivity index (χ3v) is 6.19. The molecule has 8 nitrogen and oxygen atoms in total. The average molecular weight is 417 g/mol. The monoisotopic (exact) mass is 417 g/mol. The number of furan rings is 1. The predicted octanol–water partition coefficient (Wildman–Crippen LogP) is 2.75. The van der Waals surface area contributed by atoms with Gasteiger partial charge in [0, 0.05) is 24.7 Å². The van der Waals surface area contributed by atoms with Gasteiger partial charge in [-0.05, 0) is 26.7 Å². The van der Waals surface area contributed by atoms with E-state index >= 15 is 0 Å². The highest BCUT2D eigenvalue weighted by Crippen LogP contribution is 2.29. The second-order valence-corrected chi connectivity index (χ2v) is 8.15. The van der Waals surface area contributed by atoms with Gasteiger partial charge in [-0.2, -0.15) is 0 Å². The number of aryl methyl sites for hydroxylation is 2. The second kappa shape index (κ2) is 8.10. The van der Waals surface area contributed by atoms with Crippen LogP contribution in [0.25, 0.3) is 11.0 Å². The van der Waals surface area contributed by atoms with Crippen LogP contribution in [0.15, 0.2) is 22.2 Å². The Morgan fingerprint density at radius 1 is 1.34 bits per heavy atom. The van der Waals surface area contributed by atoms with Crippen LogP contribution in [0.5, 0.6) is 5.88 Å². The van der Waals surface area contributed by atoms with E-state index in [1.54, 1.807) is 24.7 Å². The number of aliphatic hydroxyl groups is 1. The summed E-state index contributed by atoms with van der Waals surface area (Å²) in [5.41, 5.74) is 2.97. The molecule has 0 aromatic carbocycles. The Labute approximate surface area is 171 Å². The molecule has 2 N–H and O–H groups in total. The zero-order valence-electron chi connectivity index (χ0n) is 16.4. The van der Waals surface area contributed by atoms with Crippen molar-refractivity contribution in [3.05, 3.63) is 39.7 Å². The summed E-state index contributed by atoms with van der Waals surface area (Å²) in [5.74, 6) is 0.616. The van der Waals surface area contributed by atoms with E-state index in [4.69, 9.17) is 13.9 Å². The molecule has 0 atom stereocenters. The molecule has 1 fully saturated rings. The molecule has 3 aromatic heterocycles. The van der Waals surface area contributed by atoms with Crippen molar-refractivity contribution in [3.63, 3.8) is 0 Å². The van der Waals surface area contributed by atoms with E-state index in [1.807, 2.05) is 6.92 Å². The number of pyridine rings is 1. The van der Waals surface area contributed by atoms with Crippen molar-refractivity contribution >= 4 is 28.2 Å². The van der Waals surface area contributed by atoms with E-state index < -0.39 is 5.54 Å². The van der Waals surface area contributed by atoms with Crippen molar-refractivity contribution in [2.24, 2.45) is 0 Å².